The zero-order valence-electron chi connectivity index (χ0n) is 18.0. The molecule has 5 rings (SSSR count). The Morgan fingerprint density at radius 3 is 1.14 bits per heavy atom. The van der Waals surface area contributed by atoms with Gasteiger partial charge in [-0.3, -0.25) is 9.13 Å². The SMILES string of the molecule is O=C(O)c1cc2ncn(-c3ccc(-n4cnc5cc(C(=O)O)c(C(=O)O)cc54)cc3)c2cc1C(=O)O. The molecular weight excluding hydrogens is 472 g/mol. The van der Waals surface area contributed by atoms with Crippen LogP contribution in [0.2, 0.25) is 0 Å². The Morgan fingerprint density at radius 1 is 0.528 bits per heavy atom. The molecule has 4 N–H and O–H groups in total. The number of rotatable bonds is 6. The molecule has 2 aromatic heterocycles. The number of hydrogen-bond donors (Lipinski definition) is 4. The molecule has 12 heteroatoms. The normalized spacial score (nSPS) is 11.1. The van der Waals surface area contributed by atoms with Gasteiger partial charge in [0.15, 0.2) is 0 Å². The number of aromatic nitrogens is 4. The van der Waals surface area contributed by atoms with Crippen LogP contribution in [0.1, 0.15) is 41.4 Å². The summed E-state index contributed by atoms with van der Waals surface area (Å²) in [6.07, 6.45) is 2.88. The molecule has 36 heavy (non-hydrogen) atoms. The van der Waals surface area contributed by atoms with E-state index in [0.29, 0.717) is 33.4 Å². The fraction of sp³-hybridized carbons (Fsp3) is 0. The molecule has 178 valence electrons. The first-order valence-corrected chi connectivity index (χ1v) is 10.2. The van der Waals surface area contributed by atoms with Crippen molar-refractivity contribution in [3.05, 3.63) is 83.4 Å². The third kappa shape index (κ3) is 3.49. The van der Waals surface area contributed by atoms with E-state index in [1.165, 1.54) is 36.9 Å². The zero-order valence-corrected chi connectivity index (χ0v) is 18.0. The van der Waals surface area contributed by atoms with Crippen LogP contribution in [0.25, 0.3) is 33.4 Å². The van der Waals surface area contributed by atoms with Crippen LogP contribution in [0, 0.1) is 0 Å². The minimum atomic E-state index is -1.38. The smallest absolute Gasteiger partial charge is 0.336 e. The van der Waals surface area contributed by atoms with Crippen molar-refractivity contribution in [3.8, 4) is 11.4 Å². The predicted octanol–water partition coefficient (Wildman–Crippen LogP) is 3.16. The van der Waals surface area contributed by atoms with Gasteiger partial charge in [-0.1, -0.05) is 0 Å². The Kier molecular flexibility index (Phi) is 4.99. The first-order valence-electron chi connectivity index (χ1n) is 10.2. The Morgan fingerprint density at radius 2 is 0.833 bits per heavy atom. The number of imidazole rings is 2. The summed E-state index contributed by atoms with van der Waals surface area (Å²) in [5, 5.41) is 37.5. The zero-order chi connectivity index (χ0) is 25.7. The molecule has 0 bridgehead atoms. The summed E-state index contributed by atoms with van der Waals surface area (Å²) < 4.78 is 3.20. The van der Waals surface area contributed by atoms with E-state index in [0.717, 1.165) is 0 Å². The summed E-state index contributed by atoms with van der Waals surface area (Å²) in [6, 6.07) is 11.7. The average molecular weight is 486 g/mol. The molecule has 0 saturated heterocycles. The quantitative estimate of drug-likeness (QED) is 0.278. The van der Waals surface area contributed by atoms with Crippen LogP contribution in [-0.4, -0.2) is 63.4 Å². The highest BCUT2D eigenvalue weighted by Crippen LogP contribution is 2.26. The van der Waals surface area contributed by atoms with Gasteiger partial charge in [-0.25, -0.2) is 29.1 Å². The summed E-state index contributed by atoms with van der Waals surface area (Å²) >= 11 is 0. The van der Waals surface area contributed by atoms with Gasteiger partial charge in [0.25, 0.3) is 0 Å². The first-order chi connectivity index (χ1) is 17.2. The maximum absolute atomic E-state index is 11.6. The number of fused-ring (bicyclic) bond motifs is 2. The average Bonchev–Trinajstić information content (AvgIpc) is 3.45. The summed E-state index contributed by atoms with van der Waals surface area (Å²) in [5.41, 5.74) is 1.13. The fourth-order valence-electron chi connectivity index (χ4n) is 4.00. The van der Waals surface area contributed by atoms with Crippen LogP contribution in [0.4, 0.5) is 0 Å². The fourth-order valence-corrected chi connectivity index (χ4v) is 4.00. The standard InChI is InChI=1S/C24H14N4O8/c29-21(30)13-5-17-19(7-15(13)23(33)34)27(9-25-17)11-1-2-12(4-3-11)28-10-26-18-6-14(22(31)32)16(24(35)36)8-20(18)28/h1-10H,(H,29,30)(H,31,32)(H,33,34)(H,35,36). The summed E-state index contributed by atoms with van der Waals surface area (Å²) in [6.45, 7) is 0. The lowest BCUT2D eigenvalue weighted by Crippen LogP contribution is -2.08. The highest BCUT2D eigenvalue weighted by Gasteiger charge is 2.21. The number of benzene rings is 3. The molecular formula is C24H14N4O8. The van der Waals surface area contributed by atoms with E-state index in [-0.39, 0.29) is 22.3 Å². The molecule has 0 atom stereocenters. The number of carboxylic acid groups (broad SMARTS) is 4. The summed E-state index contributed by atoms with van der Waals surface area (Å²) in [7, 11) is 0. The minimum absolute atomic E-state index is 0.303. The lowest BCUT2D eigenvalue weighted by molar-refractivity contribution is 0.0652. The van der Waals surface area contributed by atoms with E-state index in [1.54, 1.807) is 33.4 Å². The topological polar surface area (TPSA) is 185 Å². The predicted molar refractivity (Wildman–Crippen MR) is 124 cm³/mol. The van der Waals surface area contributed by atoms with E-state index >= 15 is 0 Å². The van der Waals surface area contributed by atoms with Crippen LogP contribution in [0.15, 0.2) is 61.2 Å². The van der Waals surface area contributed by atoms with E-state index < -0.39 is 23.9 Å². The molecule has 5 aromatic rings. The van der Waals surface area contributed by atoms with Crippen molar-refractivity contribution in [1.29, 1.82) is 0 Å². The second kappa shape index (κ2) is 8.06. The molecule has 0 aliphatic rings. The molecule has 3 aromatic carbocycles. The van der Waals surface area contributed by atoms with Crippen molar-refractivity contribution in [2.45, 2.75) is 0 Å². The Balaban J connectivity index is 1.59. The second-order valence-electron chi connectivity index (χ2n) is 7.74. The molecule has 0 radical (unpaired) electrons. The van der Waals surface area contributed by atoms with Crippen LogP contribution < -0.4 is 0 Å². The molecule has 0 aliphatic carbocycles. The summed E-state index contributed by atoms with van der Waals surface area (Å²) in [4.78, 5) is 54.4. The van der Waals surface area contributed by atoms with Gasteiger partial charge in [0.2, 0.25) is 0 Å². The van der Waals surface area contributed by atoms with Crippen LogP contribution >= 0.6 is 0 Å². The van der Waals surface area contributed by atoms with Crippen molar-refractivity contribution in [1.82, 2.24) is 19.1 Å². The number of carboxylic acids is 4. The largest absolute Gasteiger partial charge is 0.478 e. The van der Waals surface area contributed by atoms with E-state index in [1.807, 2.05) is 0 Å². The van der Waals surface area contributed by atoms with Gasteiger partial charge < -0.3 is 20.4 Å². The molecule has 0 saturated carbocycles. The number of hydrogen-bond acceptors (Lipinski definition) is 6. The van der Waals surface area contributed by atoms with Gasteiger partial charge in [-0.15, -0.1) is 0 Å². The molecule has 0 aliphatic heterocycles. The third-order valence-electron chi connectivity index (χ3n) is 5.70. The van der Waals surface area contributed by atoms with Crippen molar-refractivity contribution in [2.75, 3.05) is 0 Å². The molecule has 0 spiro atoms. The Hall–Kier alpha value is -5.52. The third-order valence-corrected chi connectivity index (χ3v) is 5.70. The van der Waals surface area contributed by atoms with Crippen LogP contribution in [-0.2, 0) is 0 Å². The first kappa shape index (κ1) is 22.3. The highest BCUT2D eigenvalue weighted by atomic mass is 16.4. The maximum atomic E-state index is 11.6. The van der Waals surface area contributed by atoms with Gasteiger partial charge in [0, 0.05) is 11.4 Å². The molecule has 0 fully saturated rings. The van der Waals surface area contributed by atoms with Crippen molar-refractivity contribution in [3.63, 3.8) is 0 Å². The van der Waals surface area contributed by atoms with Crippen LogP contribution in [0.3, 0.4) is 0 Å². The van der Waals surface area contributed by atoms with Gasteiger partial charge in [0.05, 0.1) is 44.3 Å². The Labute approximate surface area is 199 Å². The van der Waals surface area contributed by atoms with E-state index in [4.69, 9.17) is 0 Å². The monoisotopic (exact) mass is 486 g/mol. The van der Waals surface area contributed by atoms with Crippen molar-refractivity contribution >= 4 is 45.9 Å². The lowest BCUT2D eigenvalue weighted by Gasteiger charge is -2.09. The lowest BCUT2D eigenvalue weighted by atomic mass is 10.1. The second-order valence-corrected chi connectivity index (χ2v) is 7.74. The summed E-state index contributed by atoms with van der Waals surface area (Å²) in [5.74, 6) is -5.50. The maximum Gasteiger partial charge on any atom is 0.336 e. The molecule has 0 amide bonds. The number of carbonyl (C=O) groups is 4. The molecule has 0 unspecified atom stereocenters. The highest BCUT2D eigenvalue weighted by molar-refractivity contribution is 6.06. The van der Waals surface area contributed by atoms with Gasteiger partial charge >= 0.3 is 23.9 Å². The van der Waals surface area contributed by atoms with Crippen molar-refractivity contribution in [2.24, 2.45) is 0 Å². The number of nitrogens with zero attached hydrogens (tertiary/aromatic N) is 4. The number of aromatic carboxylic acids is 4. The van der Waals surface area contributed by atoms with Crippen molar-refractivity contribution < 1.29 is 39.6 Å². The van der Waals surface area contributed by atoms with Gasteiger partial charge in [-0.05, 0) is 48.5 Å². The molecule has 2 heterocycles. The van der Waals surface area contributed by atoms with Gasteiger partial charge in [-0.2, -0.15) is 0 Å². The molecule has 12 nitrogen and oxygen atoms in total. The minimum Gasteiger partial charge on any atom is -0.478 e. The van der Waals surface area contributed by atoms with E-state index in [2.05, 4.69) is 9.97 Å². The van der Waals surface area contributed by atoms with Crippen LogP contribution in [0.5, 0.6) is 0 Å². The van der Waals surface area contributed by atoms with E-state index in [9.17, 15) is 39.6 Å². The van der Waals surface area contributed by atoms with Gasteiger partial charge in [0.1, 0.15) is 12.7 Å². The Bertz CT molecular complexity index is 1620.